The Morgan fingerprint density at radius 1 is 1.00 bits per heavy atom. The lowest BCUT2D eigenvalue weighted by Crippen LogP contribution is -2.44. The summed E-state index contributed by atoms with van der Waals surface area (Å²) in [6, 6.07) is 1.94. The number of rotatable bonds is 3. The van der Waals surface area contributed by atoms with Gasteiger partial charge in [-0.25, -0.2) is 15.0 Å². The Labute approximate surface area is 166 Å². The number of nitrogens with one attached hydrogen (secondary N) is 2. The summed E-state index contributed by atoms with van der Waals surface area (Å²) in [5.41, 5.74) is 4.72. The molecule has 2 aliphatic rings. The first kappa shape index (κ1) is 16.3. The van der Waals surface area contributed by atoms with E-state index in [-0.39, 0.29) is 0 Å². The van der Waals surface area contributed by atoms with Crippen LogP contribution >= 0.6 is 0 Å². The summed E-state index contributed by atoms with van der Waals surface area (Å²) in [6.07, 6.45) is 13.5. The summed E-state index contributed by atoms with van der Waals surface area (Å²) < 4.78 is 0. The minimum absolute atomic E-state index is 0.664. The molecule has 2 N–H and O–H groups in total. The monoisotopic (exact) mass is 382 g/mol. The first-order chi connectivity index (χ1) is 14.4. The number of pyridine rings is 2. The Morgan fingerprint density at radius 3 is 2.72 bits per heavy atom. The lowest BCUT2D eigenvalue weighted by Gasteiger charge is -2.30. The van der Waals surface area contributed by atoms with Crippen LogP contribution in [0.4, 0.5) is 5.82 Å². The number of nitrogens with zero attached hydrogens (tertiary/aromatic N) is 6. The second-order valence-electron chi connectivity index (χ2n) is 7.16. The summed E-state index contributed by atoms with van der Waals surface area (Å²) in [4.78, 5) is 21.1. The van der Waals surface area contributed by atoms with Crippen LogP contribution in [-0.2, 0) is 0 Å². The molecular formula is C21H18N8. The van der Waals surface area contributed by atoms with E-state index in [9.17, 15) is 0 Å². The van der Waals surface area contributed by atoms with Crippen LogP contribution in [0.15, 0.2) is 49.1 Å². The Hall–Kier alpha value is -3.65. The summed E-state index contributed by atoms with van der Waals surface area (Å²) >= 11 is 0. The van der Waals surface area contributed by atoms with Crippen molar-refractivity contribution in [2.24, 2.45) is 0 Å². The molecule has 0 unspecified atom stereocenters. The highest BCUT2D eigenvalue weighted by Gasteiger charge is 2.22. The zero-order valence-corrected chi connectivity index (χ0v) is 15.6. The second kappa shape index (κ2) is 6.46. The molecule has 0 spiro atoms. The molecule has 29 heavy (non-hydrogen) atoms. The van der Waals surface area contributed by atoms with Gasteiger partial charge < -0.3 is 10.2 Å². The molecule has 0 atom stereocenters. The van der Waals surface area contributed by atoms with Crippen molar-refractivity contribution in [1.29, 1.82) is 0 Å². The summed E-state index contributed by atoms with van der Waals surface area (Å²) in [6.45, 7) is 3.68. The van der Waals surface area contributed by atoms with Gasteiger partial charge in [-0.3, -0.25) is 10.1 Å². The average Bonchev–Trinajstić information content (AvgIpc) is 3.21. The van der Waals surface area contributed by atoms with E-state index in [1.54, 1.807) is 12.4 Å². The van der Waals surface area contributed by atoms with Gasteiger partial charge in [-0.15, -0.1) is 0 Å². The topological polar surface area (TPSA) is 95.5 Å². The van der Waals surface area contributed by atoms with Crippen LogP contribution in [0.25, 0.3) is 38.9 Å². The molecule has 5 heterocycles. The van der Waals surface area contributed by atoms with Crippen molar-refractivity contribution in [2.75, 3.05) is 31.1 Å². The third-order valence-electron chi connectivity index (χ3n) is 5.46. The Kier molecular flexibility index (Phi) is 3.63. The van der Waals surface area contributed by atoms with E-state index >= 15 is 0 Å². The fourth-order valence-corrected chi connectivity index (χ4v) is 3.93. The molecular weight excluding hydrogens is 364 g/mol. The van der Waals surface area contributed by atoms with Gasteiger partial charge in [-0.2, -0.15) is 5.10 Å². The van der Waals surface area contributed by atoms with Gasteiger partial charge in [0.05, 0.1) is 23.3 Å². The molecule has 4 aromatic rings. The lowest BCUT2D eigenvalue weighted by molar-refractivity contribution is 0.586. The predicted octanol–water partition coefficient (Wildman–Crippen LogP) is 2.33. The number of hydrogen-bond acceptors (Lipinski definition) is 7. The van der Waals surface area contributed by atoms with E-state index in [1.165, 1.54) is 0 Å². The van der Waals surface area contributed by atoms with E-state index in [0.717, 1.165) is 70.6 Å². The molecule has 8 nitrogen and oxygen atoms in total. The van der Waals surface area contributed by atoms with Crippen molar-refractivity contribution >= 4 is 33.3 Å². The van der Waals surface area contributed by atoms with Gasteiger partial charge in [0.1, 0.15) is 5.82 Å². The number of aromatic amines is 1. The third kappa shape index (κ3) is 2.60. The Morgan fingerprint density at radius 2 is 1.90 bits per heavy atom. The molecule has 0 amide bonds. The minimum atomic E-state index is 0.664. The second-order valence-corrected chi connectivity index (χ2v) is 7.16. The first-order valence-electron chi connectivity index (χ1n) is 9.67. The van der Waals surface area contributed by atoms with E-state index in [2.05, 4.69) is 42.5 Å². The summed E-state index contributed by atoms with van der Waals surface area (Å²) in [7, 11) is 0. The first-order valence-corrected chi connectivity index (χ1v) is 9.67. The van der Waals surface area contributed by atoms with Crippen LogP contribution in [0.1, 0.15) is 5.56 Å². The molecule has 8 heteroatoms. The van der Waals surface area contributed by atoms with Crippen LogP contribution in [0.5, 0.6) is 0 Å². The van der Waals surface area contributed by atoms with Gasteiger partial charge in [-0.1, -0.05) is 18.2 Å². The number of anilines is 1. The third-order valence-corrected chi connectivity index (χ3v) is 5.46. The van der Waals surface area contributed by atoms with Crippen LogP contribution in [-0.4, -0.2) is 56.3 Å². The van der Waals surface area contributed by atoms with E-state index in [0.29, 0.717) is 5.82 Å². The van der Waals surface area contributed by atoms with Gasteiger partial charge in [-0.05, 0) is 11.6 Å². The quantitative estimate of drug-likeness (QED) is 0.561. The fourth-order valence-electron chi connectivity index (χ4n) is 3.93. The molecule has 1 saturated heterocycles. The molecule has 1 aliphatic heterocycles. The maximum Gasteiger partial charge on any atom is 0.163 e. The molecule has 1 fully saturated rings. The molecule has 1 aliphatic carbocycles. The van der Waals surface area contributed by atoms with Gasteiger partial charge in [0.15, 0.2) is 11.5 Å². The van der Waals surface area contributed by atoms with Crippen molar-refractivity contribution in [1.82, 2.24) is 35.5 Å². The average molecular weight is 382 g/mol. The number of H-pyrrole nitrogens is 1. The zero-order valence-electron chi connectivity index (χ0n) is 15.6. The van der Waals surface area contributed by atoms with Crippen LogP contribution in [0.3, 0.4) is 0 Å². The highest BCUT2D eigenvalue weighted by Crippen LogP contribution is 2.36. The van der Waals surface area contributed by atoms with Gasteiger partial charge in [0.2, 0.25) is 0 Å². The molecule has 0 saturated carbocycles. The number of allylic oxidation sites excluding steroid dienone is 4. The smallest absolute Gasteiger partial charge is 0.163 e. The van der Waals surface area contributed by atoms with Gasteiger partial charge >= 0.3 is 0 Å². The predicted molar refractivity (Wildman–Crippen MR) is 112 cm³/mol. The van der Waals surface area contributed by atoms with Crippen molar-refractivity contribution in [3.8, 4) is 11.4 Å². The molecule has 0 aromatic carbocycles. The molecule has 142 valence electrons. The van der Waals surface area contributed by atoms with E-state index < -0.39 is 0 Å². The van der Waals surface area contributed by atoms with Crippen molar-refractivity contribution in [3.05, 3.63) is 54.6 Å². The van der Waals surface area contributed by atoms with Gasteiger partial charge in [0.25, 0.3) is 0 Å². The van der Waals surface area contributed by atoms with Gasteiger partial charge in [0, 0.05) is 55.1 Å². The van der Waals surface area contributed by atoms with Crippen LogP contribution in [0.2, 0.25) is 0 Å². The number of fused-ring (bicyclic) bond motifs is 2. The molecule has 6 rings (SSSR count). The largest absolute Gasteiger partial charge is 0.353 e. The maximum absolute atomic E-state index is 5.06. The zero-order chi connectivity index (χ0) is 19.2. The summed E-state index contributed by atoms with van der Waals surface area (Å²) in [5.74, 6) is 1.62. The van der Waals surface area contributed by atoms with E-state index in [4.69, 9.17) is 9.97 Å². The Balaban J connectivity index is 1.63. The molecule has 0 radical (unpaired) electrons. The molecule has 4 aromatic heterocycles. The minimum Gasteiger partial charge on any atom is -0.353 e. The summed E-state index contributed by atoms with van der Waals surface area (Å²) in [5, 5.41) is 12.4. The normalized spacial score (nSPS) is 16.3. The lowest BCUT2D eigenvalue weighted by atomic mass is 9.97. The highest BCUT2D eigenvalue weighted by molar-refractivity contribution is 6.03. The van der Waals surface area contributed by atoms with Crippen molar-refractivity contribution in [3.63, 3.8) is 0 Å². The van der Waals surface area contributed by atoms with Crippen molar-refractivity contribution < 1.29 is 0 Å². The van der Waals surface area contributed by atoms with Crippen LogP contribution < -0.4 is 10.2 Å². The number of piperazine rings is 1. The SMILES string of the molecule is C1=CC(c2cncc3nc(-c4ccnc5[nH]ncc45)nc(N4CCNCC4)c23)=C1. The van der Waals surface area contributed by atoms with Crippen molar-refractivity contribution in [2.45, 2.75) is 0 Å². The highest BCUT2D eigenvalue weighted by atomic mass is 15.2. The number of hydrogen-bond donors (Lipinski definition) is 2. The maximum atomic E-state index is 5.06. The standard InChI is InChI=1S/C21H18N8/c1-2-13(3-1)15-10-23-12-17-18(15)21(29-8-6-22-7-9-29)27-20(26-17)14-4-5-24-19-16(14)11-25-28-19/h1-5,10-12,22H,6-9H2,(H,24,25,28). The Bertz CT molecular complexity index is 1300. The number of aromatic nitrogens is 6. The van der Waals surface area contributed by atoms with Crippen LogP contribution in [0, 0.1) is 0 Å². The fraction of sp³-hybridized carbons (Fsp3) is 0.190. The molecule has 0 bridgehead atoms. The van der Waals surface area contributed by atoms with E-state index in [1.807, 2.05) is 24.5 Å².